The van der Waals surface area contributed by atoms with Gasteiger partial charge in [-0.25, -0.2) is 4.79 Å². The number of rotatable bonds is 10. The van der Waals surface area contributed by atoms with E-state index in [9.17, 15) is 4.79 Å². The molecule has 0 aliphatic carbocycles. The van der Waals surface area contributed by atoms with Gasteiger partial charge in [0.15, 0.2) is 0 Å². The van der Waals surface area contributed by atoms with Crippen molar-refractivity contribution < 1.29 is 19.1 Å². The van der Waals surface area contributed by atoms with E-state index in [4.69, 9.17) is 14.3 Å². The molecule has 0 atom stereocenters. The molecule has 0 spiro atoms. The van der Waals surface area contributed by atoms with Crippen molar-refractivity contribution in [2.24, 2.45) is 0 Å². The van der Waals surface area contributed by atoms with Crippen LogP contribution in [0.25, 0.3) is 0 Å². The minimum Gasteiger partial charge on any atom is -0.494 e. The molecule has 0 N–H and O–H groups in total. The first-order chi connectivity index (χ1) is 12.3. The summed E-state index contributed by atoms with van der Waals surface area (Å²) in [5.41, 5.74) is 1.24. The topological polar surface area (TPSA) is 48.0 Å². The number of hydroxylamine groups is 2. The Bertz CT molecular complexity index is 604. The molecule has 0 aliphatic rings. The molecule has 0 fully saturated rings. The SMILES string of the molecule is COC(=O)N(CCCc1ccccc1)OCCCOc1ccccc1. The zero-order valence-corrected chi connectivity index (χ0v) is 14.6. The second-order valence-electron chi connectivity index (χ2n) is 5.51. The molecule has 0 heterocycles. The predicted octanol–water partition coefficient (Wildman–Crippen LogP) is 4.09. The van der Waals surface area contributed by atoms with Gasteiger partial charge in [0.1, 0.15) is 5.75 Å². The molecule has 0 aromatic heterocycles. The number of benzene rings is 2. The van der Waals surface area contributed by atoms with Gasteiger partial charge in [-0.1, -0.05) is 48.5 Å². The number of carbonyl (C=O) groups excluding carboxylic acids is 1. The second-order valence-corrected chi connectivity index (χ2v) is 5.51. The highest BCUT2D eigenvalue weighted by molar-refractivity contribution is 5.65. The van der Waals surface area contributed by atoms with E-state index in [2.05, 4.69) is 12.1 Å². The van der Waals surface area contributed by atoms with Crippen molar-refractivity contribution in [3.8, 4) is 5.75 Å². The molecule has 0 aliphatic heterocycles. The highest BCUT2D eigenvalue weighted by Crippen LogP contribution is 2.09. The minimum atomic E-state index is -0.475. The summed E-state index contributed by atoms with van der Waals surface area (Å²) in [6, 6.07) is 19.8. The number of nitrogens with zero attached hydrogens (tertiary/aromatic N) is 1. The van der Waals surface area contributed by atoms with Gasteiger partial charge in [-0.3, -0.25) is 4.84 Å². The fourth-order valence-electron chi connectivity index (χ4n) is 2.32. The fourth-order valence-corrected chi connectivity index (χ4v) is 2.32. The summed E-state index contributed by atoms with van der Waals surface area (Å²) in [5.74, 6) is 0.829. The van der Waals surface area contributed by atoms with E-state index in [1.165, 1.54) is 17.7 Å². The molecule has 0 saturated heterocycles. The van der Waals surface area contributed by atoms with Crippen molar-refractivity contribution in [2.45, 2.75) is 19.3 Å². The molecule has 2 rings (SSSR count). The number of hydrogen-bond donors (Lipinski definition) is 0. The van der Waals surface area contributed by atoms with Crippen molar-refractivity contribution in [1.29, 1.82) is 0 Å². The standard InChI is InChI=1S/C20H25NO4/c1-23-20(22)21(15-8-12-18-10-4-2-5-11-18)25-17-9-16-24-19-13-6-3-7-14-19/h2-7,10-11,13-14H,8-9,12,15-17H2,1H3. The number of aryl methyl sites for hydroxylation is 1. The highest BCUT2D eigenvalue weighted by atomic mass is 16.7. The van der Waals surface area contributed by atoms with Gasteiger partial charge < -0.3 is 9.47 Å². The van der Waals surface area contributed by atoms with Crippen LogP contribution in [0.5, 0.6) is 5.75 Å². The van der Waals surface area contributed by atoms with Gasteiger partial charge in [0.2, 0.25) is 0 Å². The smallest absolute Gasteiger partial charge is 0.433 e. The molecule has 1 amide bonds. The van der Waals surface area contributed by atoms with Crippen molar-refractivity contribution in [1.82, 2.24) is 5.06 Å². The monoisotopic (exact) mass is 343 g/mol. The maximum absolute atomic E-state index is 11.8. The average Bonchev–Trinajstić information content (AvgIpc) is 2.67. The summed E-state index contributed by atoms with van der Waals surface area (Å²) in [7, 11) is 1.36. The Morgan fingerprint density at radius 1 is 0.920 bits per heavy atom. The first-order valence-electron chi connectivity index (χ1n) is 8.50. The lowest BCUT2D eigenvalue weighted by atomic mass is 10.1. The normalized spacial score (nSPS) is 10.3. The Balaban J connectivity index is 1.66. The second kappa shape index (κ2) is 11.1. The fraction of sp³-hybridized carbons (Fsp3) is 0.350. The van der Waals surface area contributed by atoms with E-state index < -0.39 is 6.09 Å². The van der Waals surface area contributed by atoms with Gasteiger partial charge in [0.25, 0.3) is 0 Å². The number of para-hydroxylation sites is 1. The van der Waals surface area contributed by atoms with E-state index in [0.717, 1.165) is 18.6 Å². The van der Waals surface area contributed by atoms with Gasteiger partial charge >= 0.3 is 6.09 Å². The number of amides is 1. The molecule has 5 heteroatoms. The Kier molecular flexibility index (Phi) is 8.35. The lowest BCUT2D eigenvalue weighted by Crippen LogP contribution is -2.33. The Labute approximate surface area is 149 Å². The highest BCUT2D eigenvalue weighted by Gasteiger charge is 2.14. The molecular weight excluding hydrogens is 318 g/mol. The van der Waals surface area contributed by atoms with Crippen LogP contribution in [0.4, 0.5) is 4.79 Å². The maximum atomic E-state index is 11.8. The van der Waals surface area contributed by atoms with Crippen LogP contribution < -0.4 is 4.74 Å². The summed E-state index contributed by atoms with van der Waals surface area (Å²) in [6.45, 7) is 1.41. The lowest BCUT2D eigenvalue weighted by molar-refractivity contribution is -0.136. The van der Waals surface area contributed by atoms with E-state index >= 15 is 0 Å². The van der Waals surface area contributed by atoms with Crippen LogP contribution in [-0.2, 0) is 16.0 Å². The third-order valence-corrected chi connectivity index (χ3v) is 3.60. The first kappa shape index (κ1) is 18.8. The first-order valence-corrected chi connectivity index (χ1v) is 8.50. The number of methoxy groups -OCH3 is 1. The molecule has 0 saturated carbocycles. The van der Waals surface area contributed by atoms with Crippen LogP contribution in [0.3, 0.4) is 0 Å². The Morgan fingerprint density at radius 2 is 1.60 bits per heavy atom. The molecule has 2 aromatic rings. The number of ether oxygens (including phenoxy) is 2. The van der Waals surface area contributed by atoms with Crippen molar-refractivity contribution in [3.05, 3.63) is 66.2 Å². The van der Waals surface area contributed by atoms with Gasteiger partial charge in [0.05, 0.1) is 26.9 Å². The zero-order chi connectivity index (χ0) is 17.7. The van der Waals surface area contributed by atoms with Gasteiger partial charge in [-0.05, 0) is 30.5 Å². The number of carbonyl (C=O) groups is 1. The lowest BCUT2D eigenvalue weighted by Gasteiger charge is -2.20. The van der Waals surface area contributed by atoms with Crippen LogP contribution in [0.2, 0.25) is 0 Å². The summed E-state index contributed by atoms with van der Waals surface area (Å²) < 4.78 is 10.4. The van der Waals surface area contributed by atoms with Crippen LogP contribution in [0, 0.1) is 0 Å². The van der Waals surface area contributed by atoms with Gasteiger partial charge in [0, 0.05) is 6.42 Å². The summed E-state index contributed by atoms with van der Waals surface area (Å²) in [4.78, 5) is 17.3. The van der Waals surface area contributed by atoms with Gasteiger partial charge in [-0.2, -0.15) is 5.06 Å². The largest absolute Gasteiger partial charge is 0.494 e. The van der Waals surface area contributed by atoms with Crippen LogP contribution in [-0.4, -0.2) is 38.0 Å². The third-order valence-electron chi connectivity index (χ3n) is 3.60. The maximum Gasteiger partial charge on any atom is 0.433 e. The molecular formula is C20H25NO4. The number of hydrogen-bond acceptors (Lipinski definition) is 4. The molecule has 2 aromatic carbocycles. The van der Waals surface area contributed by atoms with E-state index in [-0.39, 0.29) is 0 Å². The quantitative estimate of drug-likeness (QED) is 0.482. The van der Waals surface area contributed by atoms with Crippen LogP contribution >= 0.6 is 0 Å². The molecule has 0 radical (unpaired) electrons. The summed E-state index contributed by atoms with van der Waals surface area (Å²) >= 11 is 0. The summed E-state index contributed by atoms with van der Waals surface area (Å²) in [6.07, 6.45) is 1.90. The molecule has 0 bridgehead atoms. The summed E-state index contributed by atoms with van der Waals surface area (Å²) in [5, 5.41) is 1.28. The Hall–Kier alpha value is -2.53. The minimum absolute atomic E-state index is 0.396. The van der Waals surface area contributed by atoms with E-state index in [1.54, 1.807) is 0 Å². The molecule has 134 valence electrons. The molecule has 5 nitrogen and oxygen atoms in total. The van der Waals surface area contributed by atoms with Crippen molar-refractivity contribution in [2.75, 3.05) is 26.9 Å². The van der Waals surface area contributed by atoms with Crippen LogP contribution in [0.1, 0.15) is 18.4 Å². The average molecular weight is 343 g/mol. The zero-order valence-electron chi connectivity index (χ0n) is 14.6. The van der Waals surface area contributed by atoms with E-state index in [0.29, 0.717) is 26.2 Å². The third kappa shape index (κ3) is 7.27. The Morgan fingerprint density at radius 3 is 2.28 bits per heavy atom. The van der Waals surface area contributed by atoms with Gasteiger partial charge in [-0.15, -0.1) is 0 Å². The molecule has 0 unspecified atom stereocenters. The van der Waals surface area contributed by atoms with Crippen molar-refractivity contribution in [3.63, 3.8) is 0 Å². The van der Waals surface area contributed by atoms with Crippen LogP contribution in [0.15, 0.2) is 60.7 Å². The molecule has 25 heavy (non-hydrogen) atoms. The predicted molar refractivity (Wildman–Crippen MR) is 96.4 cm³/mol. The van der Waals surface area contributed by atoms with Crippen molar-refractivity contribution >= 4 is 6.09 Å². The van der Waals surface area contributed by atoms with E-state index in [1.807, 2.05) is 48.5 Å².